The first-order valence-corrected chi connectivity index (χ1v) is 12.2. The van der Waals surface area contributed by atoms with Gasteiger partial charge >= 0.3 is 0 Å². The number of fused-ring (bicyclic) bond motifs is 1. The summed E-state index contributed by atoms with van der Waals surface area (Å²) < 4.78 is 76.8. The highest BCUT2D eigenvalue weighted by Gasteiger charge is 2.27. The van der Waals surface area contributed by atoms with Crippen molar-refractivity contribution in [3.63, 3.8) is 0 Å². The van der Waals surface area contributed by atoms with Crippen LogP contribution in [0.3, 0.4) is 0 Å². The van der Waals surface area contributed by atoms with Gasteiger partial charge in [-0.1, -0.05) is 6.07 Å². The molecule has 2 N–H and O–H groups in total. The lowest BCUT2D eigenvalue weighted by Crippen LogP contribution is -2.10. The highest BCUT2D eigenvalue weighted by molar-refractivity contribution is 7.90. The van der Waals surface area contributed by atoms with Crippen LogP contribution in [0.5, 0.6) is 5.88 Å². The van der Waals surface area contributed by atoms with E-state index in [4.69, 9.17) is 10.00 Å². The highest BCUT2D eigenvalue weighted by atomic mass is 32.2. The number of pyridine rings is 1. The fraction of sp³-hybridized carbons (Fsp3) is 0.0833. The number of methoxy groups -OCH3 is 1. The summed E-state index contributed by atoms with van der Waals surface area (Å²) in [6.07, 6.45) is 4.20. The fourth-order valence-corrected chi connectivity index (χ4v) is 5.42. The van der Waals surface area contributed by atoms with E-state index >= 15 is 8.78 Å². The van der Waals surface area contributed by atoms with Crippen LogP contribution in [-0.2, 0) is 15.6 Å². The second-order valence-corrected chi connectivity index (χ2v) is 9.85. The van der Waals surface area contributed by atoms with E-state index in [2.05, 4.69) is 25.1 Å². The van der Waals surface area contributed by atoms with Crippen molar-refractivity contribution in [3.8, 4) is 34.6 Å². The summed E-state index contributed by atoms with van der Waals surface area (Å²) >= 11 is 0. The van der Waals surface area contributed by atoms with E-state index in [0.29, 0.717) is 23.0 Å². The number of hydrogen-bond acceptors (Lipinski definition) is 7. The molecular weight excluding hydrogens is 509 g/mol. The van der Waals surface area contributed by atoms with Crippen molar-refractivity contribution >= 4 is 20.7 Å². The molecule has 0 aliphatic heterocycles. The van der Waals surface area contributed by atoms with Gasteiger partial charge in [-0.25, -0.2) is 31.6 Å². The zero-order chi connectivity index (χ0) is 26.3. The normalized spacial score (nSPS) is 11.5. The summed E-state index contributed by atoms with van der Waals surface area (Å²) in [7, 11) is -3.18. The molecule has 0 aliphatic carbocycles. The summed E-state index contributed by atoms with van der Waals surface area (Å²) in [5.41, 5.74) is -1.14. The van der Waals surface area contributed by atoms with Crippen molar-refractivity contribution in [1.82, 2.24) is 25.1 Å². The Balaban J connectivity index is 1.60. The average Bonchev–Trinajstić information content (AvgIpc) is 3.56. The van der Waals surface area contributed by atoms with Crippen LogP contribution in [0.4, 0.5) is 13.2 Å². The lowest BCUT2D eigenvalue weighted by molar-refractivity contribution is 0.385. The monoisotopic (exact) mass is 524 g/mol. The number of nitrogens with zero attached hydrogens (tertiary/aromatic N) is 4. The van der Waals surface area contributed by atoms with Gasteiger partial charge in [0.2, 0.25) is 5.88 Å². The zero-order valence-electron chi connectivity index (χ0n) is 18.9. The predicted molar refractivity (Wildman–Crippen MR) is 125 cm³/mol. The maximum Gasteiger partial charge on any atom is 0.232 e. The van der Waals surface area contributed by atoms with Gasteiger partial charge in [0.05, 0.1) is 18.4 Å². The predicted octanol–water partition coefficient (Wildman–Crippen LogP) is 4.29. The molecule has 0 amide bonds. The molecule has 3 heterocycles. The number of halogens is 3. The summed E-state index contributed by atoms with van der Waals surface area (Å²) in [4.78, 5) is 10.3. The van der Waals surface area contributed by atoms with Gasteiger partial charge in [-0.2, -0.15) is 10.4 Å². The first-order chi connectivity index (χ1) is 17.7. The Morgan fingerprint density at radius 2 is 1.89 bits per heavy atom. The molecule has 186 valence electrons. The summed E-state index contributed by atoms with van der Waals surface area (Å²) in [5.74, 6) is -3.94. The minimum atomic E-state index is -4.36. The van der Waals surface area contributed by atoms with Crippen LogP contribution in [0.15, 0.2) is 53.8 Å². The van der Waals surface area contributed by atoms with Crippen molar-refractivity contribution in [3.05, 3.63) is 77.5 Å². The number of sulfone groups is 1. The summed E-state index contributed by atoms with van der Waals surface area (Å²) in [6.45, 7) is 0. The van der Waals surface area contributed by atoms with Gasteiger partial charge in [0.1, 0.15) is 33.8 Å². The fourth-order valence-electron chi connectivity index (χ4n) is 3.94. The van der Waals surface area contributed by atoms with Gasteiger partial charge < -0.3 is 9.72 Å². The molecule has 5 aromatic rings. The topological polar surface area (TPSA) is 137 Å². The molecule has 37 heavy (non-hydrogen) atoms. The second kappa shape index (κ2) is 9.07. The quantitative estimate of drug-likeness (QED) is 0.338. The standard InChI is InChI=1S/C24H15F3N6O3S/c1-36-24-18(6-12(9-28)10-31-24)37(34,35)11-13-7-14(25)8-17(19(13)26)15-2-3-16-21(20(15)27)32-33-22(16)23-29-4-5-30-23/h2-8,10H,11H2,1H3,(H,29,30)(H,32,33). The molecule has 0 unspecified atom stereocenters. The Morgan fingerprint density at radius 3 is 2.59 bits per heavy atom. The van der Waals surface area contributed by atoms with E-state index in [1.54, 1.807) is 12.3 Å². The maximum absolute atomic E-state index is 15.6. The Kier molecular flexibility index (Phi) is 5.88. The zero-order valence-corrected chi connectivity index (χ0v) is 19.7. The van der Waals surface area contributed by atoms with E-state index in [-0.39, 0.29) is 22.5 Å². The molecule has 0 spiro atoms. The molecule has 9 nitrogen and oxygen atoms in total. The molecule has 0 atom stereocenters. The molecular formula is C24H15F3N6O3S. The van der Waals surface area contributed by atoms with Crippen molar-refractivity contribution in [2.75, 3.05) is 7.11 Å². The smallest absolute Gasteiger partial charge is 0.232 e. The number of H-pyrrole nitrogens is 2. The number of nitrogens with one attached hydrogen (secondary N) is 2. The van der Waals surface area contributed by atoms with E-state index < -0.39 is 49.1 Å². The van der Waals surface area contributed by atoms with Crippen LogP contribution in [0.2, 0.25) is 0 Å². The minimum Gasteiger partial charge on any atom is -0.480 e. The summed E-state index contributed by atoms with van der Waals surface area (Å²) in [5, 5.41) is 16.1. The number of aromatic amines is 2. The van der Waals surface area contributed by atoms with Crippen molar-refractivity contribution < 1.29 is 26.3 Å². The number of imidazole rings is 1. The third-order valence-corrected chi connectivity index (χ3v) is 7.28. The largest absolute Gasteiger partial charge is 0.480 e. The average molecular weight is 524 g/mol. The van der Waals surface area contributed by atoms with Crippen molar-refractivity contribution in [1.29, 1.82) is 5.26 Å². The number of rotatable bonds is 6. The van der Waals surface area contributed by atoms with Crippen LogP contribution in [0.1, 0.15) is 11.1 Å². The van der Waals surface area contributed by atoms with Gasteiger partial charge in [0, 0.05) is 40.7 Å². The van der Waals surface area contributed by atoms with Crippen LogP contribution in [0, 0.1) is 28.8 Å². The minimum absolute atomic E-state index is 0.0666. The van der Waals surface area contributed by atoms with E-state index in [9.17, 15) is 12.8 Å². The summed E-state index contributed by atoms with van der Waals surface area (Å²) in [6, 6.07) is 7.00. The van der Waals surface area contributed by atoms with Crippen LogP contribution >= 0.6 is 0 Å². The van der Waals surface area contributed by atoms with Crippen molar-refractivity contribution in [2.45, 2.75) is 10.6 Å². The molecule has 0 bridgehead atoms. The number of nitriles is 1. The van der Waals surface area contributed by atoms with E-state index in [1.165, 1.54) is 25.4 Å². The Labute approximate surface area is 207 Å². The van der Waals surface area contributed by atoms with Gasteiger partial charge in [0.15, 0.2) is 21.5 Å². The number of hydrogen-bond donors (Lipinski definition) is 2. The molecule has 13 heteroatoms. The lowest BCUT2D eigenvalue weighted by Gasteiger charge is -2.12. The number of ether oxygens (including phenoxy) is 1. The maximum atomic E-state index is 15.6. The van der Waals surface area contributed by atoms with Crippen LogP contribution in [-0.4, -0.2) is 40.7 Å². The highest BCUT2D eigenvalue weighted by Crippen LogP contribution is 2.35. The SMILES string of the molecule is COc1ncc(C#N)cc1S(=O)(=O)Cc1cc(F)cc(-c2ccc3c(-c4ncc[nH]4)[nH]nc3c2F)c1F. The number of aromatic nitrogens is 5. The Bertz CT molecular complexity index is 1810. The van der Waals surface area contributed by atoms with Gasteiger partial charge in [-0.05, 0) is 24.3 Å². The first kappa shape index (κ1) is 24.0. The van der Waals surface area contributed by atoms with Crippen LogP contribution < -0.4 is 4.74 Å². The molecule has 3 aromatic heterocycles. The van der Waals surface area contributed by atoms with Crippen LogP contribution in [0.25, 0.3) is 33.5 Å². The second-order valence-electron chi connectivity index (χ2n) is 7.89. The third-order valence-electron chi connectivity index (χ3n) is 5.62. The lowest BCUT2D eigenvalue weighted by atomic mass is 10.00. The van der Waals surface area contributed by atoms with E-state index in [1.807, 2.05) is 0 Å². The molecule has 0 saturated carbocycles. The molecule has 2 aromatic carbocycles. The van der Waals surface area contributed by atoms with Gasteiger partial charge in [-0.15, -0.1) is 0 Å². The number of benzene rings is 2. The van der Waals surface area contributed by atoms with E-state index in [0.717, 1.165) is 18.3 Å². The molecule has 0 fully saturated rings. The molecule has 0 saturated heterocycles. The molecule has 0 radical (unpaired) electrons. The van der Waals surface area contributed by atoms with Crippen molar-refractivity contribution in [2.24, 2.45) is 0 Å². The molecule has 0 aliphatic rings. The van der Waals surface area contributed by atoms with Gasteiger partial charge in [0.25, 0.3) is 0 Å². The third kappa shape index (κ3) is 4.17. The Morgan fingerprint density at radius 1 is 1.08 bits per heavy atom. The molecule has 5 rings (SSSR count). The Hall–Kier alpha value is -4.70. The first-order valence-electron chi connectivity index (χ1n) is 10.5. The van der Waals surface area contributed by atoms with Gasteiger partial charge in [-0.3, -0.25) is 5.10 Å².